The highest BCUT2D eigenvalue weighted by Crippen LogP contribution is 2.38. The lowest BCUT2D eigenvalue weighted by Crippen LogP contribution is -2.27. The van der Waals surface area contributed by atoms with Crippen LogP contribution < -0.4 is 14.4 Å². The van der Waals surface area contributed by atoms with Crippen molar-refractivity contribution in [3.8, 4) is 11.5 Å². The molecule has 34 heavy (non-hydrogen) atoms. The molecule has 0 atom stereocenters. The van der Waals surface area contributed by atoms with Crippen LogP contribution in [0.3, 0.4) is 0 Å². The summed E-state index contributed by atoms with van der Waals surface area (Å²) < 4.78 is 25.1. The van der Waals surface area contributed by atoms with Gasteiger partial charge in [0, 0.05) is 5.56 Å². The lowest BCUT2D eigenvalue weighted by Gasteiger charge is -2.16. The van der Waals surface area contributed by atoms with Gasteiger partial charge in [0.2, 0.25) is 0 Å². The van der Waals surface area contributed by atoms with Crippen molar-refractivity contribution in [2.24, 2.45) is 0 Å². The second-order valence-electron chi connectivity index (χ2n) is 7.48. The topological polar surface area (TPSA) is 55.8 Å². The number of nitrogens with zero attached hydrogens (tertiary/aromatic N) is 1. The van der Waals surface area contributed by atoms with Gasteiger partial charge in [-0.2, -0.15) is 0 Å². The molecule has 1 aliphatic heterocycles. The fourth-order valence-electron chi connectivity index (χ4n) is 3.59. The predicted molar refractivity (Wildman–Crippen MR) is 133 cm³/mol. The lowest BCUT2D eigenvalue weighted by atomic mass is 10.0. The highest BCUT2D eigenvalue weighted by Gasteiger charge is 2.36. The zero-order valence-electron chi connectivity index (χ0n) is 18.5. The molecule has 3 aromatic rings. The molecule has 3 aromatic carbocycles. The third-order valence-electron chi connectivity index (χ3n) is 5.12. The van der Waals surface area contributed by atoms with E-state index >= 15 is 0 Å². The molecule has 1 heterocycles. The van der Waals surface area contributed by atoms with E-state index < -0.39 is 0 Å². The van der Waals surface area contributed by atoms with Gasteiger partial charge in [-0.3, -0.25) is 9.59 Å². The standard InChI is InChI=1S/C27H22FNO4S/c1-3-8-20-13-19(15-23(32-2)25(20)33-17-18-9-7-10-21(28)14-18)16-24-26(30)29(27(31)34-24)22-11-5-4-6-12-22/h3-7,9-16H,1,8,17H2,2H3/b24-16-. The zero-order chi connectivity index (χ0) is 24.1. The molecule has 7 heteroatoms. The van der Waals surface area contributed by atoms with Gasteiger partial charge in [-0.05, 0) is 71.8 Å². The molecule has 172 valence electrons. The number of thioether (sulfide) groups is 1. The van der Waals surface area contributed by atoms with Gasteiger partial charge < -0.3 is 9.47 Å². The summed E-state index contributed by atoms with van der Waals surface area (Å²) >= 11 is 0.888. The van der Waals surface area contributed by atoms with Gasteiger partial charge in [0.15, 0.2) is 11.5 Å². The minimum atomic E-state index is -0.378. The van der Waals surface area contributed by atoms with Crippen LogP contribution in [-0.2, 0) is 17.8 Å². The number of carbonyl (C=O) groups excluding carboxylic acids is 2. The number of benzene rings is 3. The Morgan fingerprint density at radius 1 is 1.06 bits per heavy atom. The van der Waals surface area contributed by atoms with E-state index in [0.29, 0.717) is 39.6 Å². The molecule has 0 spiro atoms. The molecule has 2 amide bonds. The van der Waals surface area contributed by atoms with E-state index in [-0.39, 0.29) is 23.6 Å². The average molecular weight is 476 g/mol. The zero-order valence-corrected chi connectivity index (χ0v) is 19.3. The number of ether oxygens (including phenoxy) is 2. The quantitative estimate of drug-likeness (QED) is 0.279. The summed E-state index contributed by atoms with van der Waals surface area (Å²) in [5.41, 5.74) is 2.69. The summed E-state index contributed by atoms with van der Waals surface area (Å²) in [6.45, 7) is 3.97. The van der Waals surface area contributed by atoms with E-state index in [0.717, 1.165) is 22.2 Å². The lowest BCUT2D eigenvalue weighted by molar-refractivity contribution is -0.113. The Balaban J connectivity index is 1.64. The number of methoxy groups -OCH3 is 1. The summed E-state index contributed by atoms with van der Waals surface area (Å²) in [6.07, 6.45) is 3.89. The van der Waals surface area contributed by atoms with Crippen molar-refractivity contribution in [1.82, 2.24) is 0 Å². The van der Waals surface area contributed by atoms with Crippen molar-refractivity contribution >= 4 is 34.7 Å². The van der Waals surface area contributed by atoms with Crippen LogP contribution in [0.5, 0.6) is 11.5 Å². The molecule has 0 bridgehead atoms. The van der Waals surface area contributed by atoms with Gasteiger partial charge in [0.1, 0.15) is 12.4 Å². The summed E-state index contributed by atoms with van der Waals surface area (Å²) in [7, 11) is 1.52. The Hall–Kier alpha value is -3.84. The number of halogens is 1. The predicted octanol–water partition coefficient (Wildman–Crippen LogP) is 6.38. The van der Waals surface area contributed by atoms with E-state index in [9.17, 15) is 14.0 Å². The van der Waals surface area contributed by atoms with Crippen molar-refractivity contribution in [2.75, 3.05) is 12.0 Å². The SMILES string of the molecule is C=CCc1cc(/C=C2\SC(=O)N(c3ccccc3)C2=O)cc(OC)c1OCc1cccc(F)c1. The molecular formula is C27H22FNO4S. The minimum absolute atomic E-state index is 0.160. The smallest absolute Gasteiger partial charge is 0.298 e. The van der Waals surface area contributed by atoms with Crippen LogP contribution in [0, 0.1) is 5.82 Å². The number of hydrogen-bond donors (Lipinski definition) is 0. The van der Waals surface area contributed by atoms with Crippen molar-refractivity contribution in [2.45, 2.75) is 13.0 Å². The van der Waals surface area contributed by atoms with E-state index in [1.54, 1.807) is 54.6 Å². The van der Waals surface area contributed by atoms with E-state index in [4.69, 9.17) is 9.47 Å². The number of allylic oxidation sites excluding steroid dienone is 1. The molecule has 4 rings (SSSR count). The molecule has 0 aliphatic carbocycles. The fourth-order valence-corrected chi connectivity index (χ4v) is 4.43. The first-order valence-corrected chi connectivity index (χ1v) is 11.3. The van der Waals surface area contributed by atoms with Crippen LogP contribution in [-0.4, -0.2) is 18.3 Å². The maximum absolute atomic E-state index is 13.5. The molecule has 0 unspecified atom stereocenters. The summed E-state index contributed by atoms with van der Waals surface area (Å²) in [6, 6.07) is 18.6. The Morgan fingerprint density at radius 2 is 1.85 bits per heavy atom. The first kappa shape index (κ1) is 23.3. The van der Waals surface area contributed by atoms with Crippen LogP contribution >= 0.6 is 11.8 Å². The molecule has 0 saturated carbocycles. The number of rotatable bonds is 8. The fraction of sp³-hybridized carbons (Fsp3) is 0.111. The molecule has 0 N–H and O–H groups in total. The second kappa shape index (κ2) is 10.4. The van der Waals surface area contributed by atoms with Crippen molar-refractivity contribution in [3.05, 3.63) is 107 Å². The van der Waals surface area contributed by atoms with Crippen LogP contribution in [0.1, 0.15) is 16.7 Å². The average Bonchev–Trinajstić information content (AvgIpc) is 3.11. The van der Waals surface area contributed by atoms with Crippen LogP contribution in [0.25, 0.3) is 6.08 Å². The van der Waals surface area contributed by atoms with Crippen molar-refractivity contribution in [1.29, 1.82) is 0 Å². The van der Waals surface area contributed by atoms with Gasteiger partial charge in [-0.1, -0.05) is 36.4 Å². The first-order chi connectivity index (χ1) is 16.5. The number of anilines is 1. The maximum atomic E-state index is 13.5. The Morgan fingerprint density at radius 3 is 2.56 bits per heavy atom. The Kier molecular flexibility index (Phi) is 7.13. The molecule has 1 aliphatic rings. The highest BCUT2D eigenvalue weighted by molar-refractivity contribution is 8.19. The van der Waals surface area contributed by atoms with Crippen molar-refractivity contribution < 1.29 is 23.5 Å². The first-order valence-electron chi connectivity index (χ1n) is 10.5. The number of imide groups is 1. The van der Waals surface area contributed by atoms with Gasteiger partial charge in [-0.15, -0.1) is 6.58 Å². The normalized spacial score (nSPS) is 14.5. The Bertz CT molecular complexity index is 1270. The van der Waals surface area contributed by atoms with Gasteiger partial charge in [0.25, 0.3) is 11.1 Å². The van der Waals surface area contributed by atoms with Gasteiger partial charge in [0.05, 0.1) is 17.7 Å². The molecular weight excluding hydrogens is 453 g/mol. The van der Waals surface area contributed by atoms with E-state index in [2.05, 4.69) is 6.58 Å². The van der Waals surface area contributed by atoms with Crippen molar-refractivity contribution in [3.63, 3.8) is 0 Å². The van der Waals surface area contributed by atoms with Crippen LogP contribution in [0.2, 0.25) is 0 Å². The third-order valence-corrected chi connectivity index (χ3v) is 5.99. The Labute approximate surface area is 201 Å². The minimum Gasteiger partial charge on any atom is -0.493 e. The van der Waals surface area contributed by atoms with E-state index in [1.807, 2.05) is 12.1 Å². The molecule has 5 nitrogen and oxygen atoms in total. The molecule has 1 saturated heterocycles. The monoisotopic (exact) mass is 475 g/mol. The molecule has 0 aromatic heterocycles. The van der Waals surface area contributed by atoms with E-state index in [1.165, 1.54) is 19.2 Å². The highest BCUT2D eigenvalue weighted by atomic mass is 32.2. The maximum Gasteiger partial charge on any atom is 0.298 e. The van der Waals surface area contributed by atoms with Gasteiger partial charge in [-0.25, -0.2) is 9.29 Å². The van der Waals surface area contributed by atoms with Crippen LogP contribution in [0.15, 0.2) is 84.3 Å². The summed E-state index contributed by atoms with van der Waals surface area (Å²) in [4.78, 5) is 26.9. The van der Waals surface area contributed by atoms with Gasteiger partial charge >= 0.3 is 0 Å². The summed E-state index contributed by atoms with van der Waals surface area (Å²) in [5.74, 6) is 0.265. The third kappa shape index (κ3) is 5.05. The van der Waals surface area contributed by atoms with Crippen LogP contribution in [0.4, 0.5) is 14.9 Å². The molecule has 1 fully saturated rings. The largest absolute Gasteiger partial charge is 0.493 e. The number of para-hydroxylation sites is 1. The number of hydrogen-bond acceptors (Lipinski definition) is 5. The summed E-state index contributed by atoms with van der Waals surface area (Å²) in [5, 5.41) is -0.351. The second-order valence-corrected chi connectivity index (χ2v) is 8.47. The molecule has 0 radical (unpaired) electrons. The number of carbonyl (C=O) groups is 2. The number of amides is 2.